The third-order valence-electron chi connectivity index (χ3n) is 5.09. The summed E-state index contributed by atoms with van der Waals surface area (Å²) >= 11 is 0. The average Bonchev–Trinajstić information content (AvgIpc) is 3.44. The van der Waals surface area contributed by atoms with Crippen molar-refractivity contribution in [2.45, 2.75) is 51.1 Å². The van der Waals surface area contributed by atoms with Gasteiger partial charge in [-0.3, -0.25) is 4.90 Å². The van der Waals surface area contributed by atoms with Crippen LogP contribution in [0.4, 0.5) is 30.6 Å². The minimum Gasteiger partial charge on any atom is -0.392 e. The molecule has 1 fully saturated rings. The molecule has 29 heavy (non-hydrogen) atoms. The van der Waals surface area contributed by atoms with Crippen molar-refractivity contribution in [1.29, 1.82) is 0 Å². The minimum absolute atomic E-state index is 0.0483. The number of nitrogens with one attached hydrogen (secondary N) is 2. The molecule has 156 valence electrons. The van der Waals surface area contributed by atoms with E-state index in [9.17, 15) is 18.3 Å². The summed E-state index contributed by atoms with van der Waals surface area (Å²) < 4.78 is 39.7. The van der Waals surface area contributed by atoms with Crippen LogP contribution in [0.15, 0.2) is 24.4 Å². The maximum absolute atomic E-state index is 13.2. The molecule has 1 aliphatic heterocycles. The molecule has 9 heteroatoms. The van der Waals surface area contributed by atoms with Crippen molar-refractivity contribution < 1.29 is 18.3 Å². The van der Waals surface area contributed by atoms with Gasteiger partial charge in [-0.05, 0) is 49.4 Å². The number of nitrogens with zero attached hydrogens (tertiary/aromatic N) is 3. The first kappa shape index (κ1) is 19.9. The quantitative estimate of drug-likeness (QED) is 0.680. The van der Waals surface area contributed by atoms with Crippen molar-refractivity contribution >= 4 is 17.5 Å². The van der Waals surface area contributed by atoms with Crippen LogP contribution < -0.4 is 10.6 Å². The molecule has 1 unspecified atom stereocenters. The number of benzene rings is 1. The zero-order valence-electron chi connectivity index (χ0n) is 16.1. The van der Waals surface area contributed by atoms with Gasteiger partial charge in [0.25, 0.3) is 0 Å². The highest BCUT2D eigenvalue weighted by Crippen LogP contribution is 2.36. The van der Waals surface area contributed by atoms with E-state index >= 15 is 0 Å². The molecule has 2 aromatic rings. The number of halogens is 3. The molecule has 1 saturated carbocycles. The molecular formula is C20H24F3N5O. The number of β-amino-alcohol motifs (C(OH)–C–C–N with tert-alkyl or cyclic N) is 1. The van der Waals surface area contributed by atoms with Gasteiger partial charge < -0.3 is 15.7 Å². The second-order valence-electron chi connectivity index (χ2n) is 7.81. The van der Waals surface area contributed by atoms with Gasteiger partial charge >= 0.3 is 6.18 Å². The molecule has 1 aromatic carbocycles. The van der Waals surface area contributed by atoms with Crippen LogP contribution in [0.25, 0.3) is 0 Å². The Morgan fingerprint density at radius 3 is 2.76 bits per heavy atom. The van der Waals surface area contributed by atoms with Crippen molar-refractivity contribution in [2.75, 3.05) is 23.7 Å². The lowest BCUT2D eigenvalue weighted by Crippen LogP contribution is -2.35. The SMILES string of the molecule is CC(O)CN1CCc2cc(Nc3ncc(C(F)(F)F)c(NC4CC4)n3)ccc2C1. The summed E-state index contributed by atoms with van der Waals surface area (Å²) in [5.74, 6) is -0.0446. The van der Waals surface area contributed by atoms with E-state index in [4.69, 9.17) is 0 Å². The molecule has 1 aromatic heterocycles. The smallest absolute Gasteiger partial charge is 0.392 e. The van der Waals surface area contributed by atoms with E-state index in [1.54, 1.807) is 6.92 Å². The average molecular weight is 407 g/mol. The first-order valence-electron chi connectivity index (χ1n) is 9.78. The fourth-order valence-electron chi connectivity index (χ4n) is 3.53. The van der Waals surface area contributed by atoms with Gasteiger partial charge in [-0.2, -0.15) is 18.2 Å². The van der Waals surface area contributed by atoms with Crippen molar-refractivity contribution in [1.82, 2.24) is 14.9 Å². The Morgan fingerprint density at radius 2 is 2.07 bits per heavy atom. The summed E-state index contributed by atoms with van der Waals surface area (Å²) in [6, 6.07) is 5.91. The van der Waals surface area contributed by atoms with Gasteiger partial charge in [0.05, 0.1) is 6.10 Å². The molecule has 0 radical (unpaired) electrons. The predicted molar refractivity (Wildman–Crippen MR) is 104 cm³/mol. The standard InChI is InChI=1S/C20H24F3N5O/c1-12(29)10-28-7-6-13-8-16(3-2-14(13)11-28)26-19-24-9-17(20(21,22)23)18(27-19)25-15-4-5-15/h2-3,8-9,12,15,29H,4-7,10-11H2,1H3,(H2,24,25,26,27). The van der Waals surface area contributed by atoms with Crippen LogP contribution in [-0.2, 0) is 19.1 Å². The van der Waals surface area contributed by atoms with Gasteiger partial charge in [0, 0.05) is 37.6 Å². The zero-order valence-corrected chi connectivity index (χ0v) is 16.1. The number of fused-ring (bicyclic) bond motifs is 1. The number of aromatic nitrogens is 2. The summed E-state index contributed by atoms with van der Waals surface area (Å²) in [5, 5.41) is 15.4. The van der Waals surface area contributed by atoms with Crippen LogP contribution in [0.1, 0.15) is 36.5 Å². The summed E-state index contributed by atoms with van der Waals surface area (Å²) in [6.45, 7) is 4.04. The number of anilines is 3. The molecule has 0 bridgehead atoms. The molecular weight excluding hydrogens is 383 g/mol. The van der Waals surface area contributed by atoms with E-state index in [2.05, 4.69) is 25.5 Å². The Hall–Kier alpha value is -2.39. The second-order valence-corrected chi connectivity index (χ2v) is 7.81. The summed E-state index contributed by atoms with van der Waals surface area (Å²) in [7, 11) is 0. The molecule has 1 aliphatic carbocycles. The van der Waals surface area contributed by atoms with Crippen LogP contribution >= 0.6 is 0 Å². The molecule has 6 nitrogen and oxygen atoms in total. The van der Waals surface area contributed by atoms with Crippen molar-refractivity contribution in [2.24, 2.45) is 0 Å². The van der Waals surface area contributed by atoms with Crippen molar-refractivity contribution in [3.8, 4) is 0 Å². The van der Waals surface area contributed by atoms with Crippen molar-refractivity contribution in [3.05, 3.63) is 41.1 Å². The lowest BCUT2D eigenvalue weighted by Gasteiger charge is -2.29. The van der Waals surface area contributed by atoms with E-state index in [-0.39, 0.29) is 23.9 Å². The highest BCUT2D eigenvalue weighted by molar-refractivity contribution is 5.59. The maximum atomic E-state index is 13.2. The van der Waals surface area contributed by atoms with Gasteiger partial charge in [0.1, 0.15) is 11.4 Å². The largest absolute Gasteiger partial charge is 0.421 e. The Morgan fingerprint density at radius 1 is 1.28 bits per heavy atom. The molecule has 2 aliphatic rings. The number of hydrogen-bond acceptors (Lipinski definition) is 6. The first-order chi connectivity index (χ1) is 13.8. The van der Waals surface area contributed by atoms with E-state index < -0.39 is 11.7 Å². The van der Waals surface area contributed by atoms with Crippen LogP contribution in [0.2, 0.25) is 0 Å². The third kappa shape index (κ3) is 4.97. The Balaban J connectivity index is 1.51. The molecule has 1 atom stereocenters. The lowest BCUT2D eigenvalue weighted by atomic mass is 9.99. The third-order valence-corrected chi connectivity index (χ3v) is 5.09. The van der Waals surface area contributed by atoms with Crippen LogP contribution in [0.3, 0.4) is 0 Å². The van der Waals surface area contributed by atoms with Gasteiger partial charge in [-0.25, -0.2) is 4.98 Å². The molecule has 2 heterocycles. The second kappa shape index (κ2) is 7.79. The number of rotatable bonds is 6. The molecule has 0 spiro atoms. The van der Waals surface area contributed by atoms with Gasteiger partial charge in [0.15, 0.2) is 0 Å². The number of hydrogen-bond donors (Lipinski definition) is 3. The highest BCUT2D eigenvalue weighted by atomic mass is 19.4. The fraction of sp³-hybridized carbons (Fsp3) is 0.500. The molecule has 3 N–H and O–H groups in total. The molecule has 0 amide bonds. The van der Waals surface area contributed by atoms with Crippen LogP contribution in [0, 0.1) is 0 Å². The number of aliphatic hydroxyl groups is 1. The van der Waals surface area contributed by atoms with E-state index in [0.717, 1.165) is 44.2 Å². The van der Waals surface area contributed by atoms with E-state index in [1.807, 2.05) is 18.2 Å². The zero-order chi connectivity index (χ0) is 20.6. The van der Waals surface area contributed by atoms with E-state index in [1.165, 1.54) is 11.1 Å². The number of alkyl halides is 3. The van der Waals surface area contributed by atoms with Crippen LogP contribution in [-0.4, -0.2) is 45.2 Å². The van der Waals surface area contributed by atoms with Gasteiger partial charge in [-0.1, -0.05) is 6.07 Å². The Bertz CT molecular complexity index is 883. The summed E-state index contributed by atoms with van der Waals surface area (Å²) in [4.78, 5) is 10.2. The summed E-state index contributed by atoms with van der Waals surface area (Å²) in [6.07, 6.45) is -1.50. The monoisotopic (exact) mass is 407 g/mol. The topological polar surface area (TPSA) is 73.3 Å². The number of aliphatic hydroxyl groups excluding tert-OH is 1. The van der Waals surface area contributed by atoms with Crippen molar-refractivity contribution in [3.63, 3.8) is 0 Å². The molecule has 4 rings (SSSR count). The highest BCUT2D eigenvalue weighted by Gasteiger charge is 2.36. The minimum atomic E-state index is -4.50. The predicted octanol–water partition coefficient (Wildman–Crippen LogP) is 3.55. The van der Waals surface area contributed by atoms with Gasteiger partial charge in [-0.15, -0.1) is 0 Å². The fourth-order valence-corrected chi connectivity index (χ4v) is 3.53. The Kier molecular flexibility index (Phi) is 5.35. The first-order valence-corrected chi connectivity index (χ1v) is 9.78. The molecule has 0 saturated heterocycles. The Labute approximate surface area is 167 Å². The maximum Gasteiger partial charge on any atom is 0.421 e. The normalized spacial score (nSPS) is 18.2. The summed E-state index contributed by atoms with van der Waals surface area (Å²) in [5.41, 5.74) is 2.26. The van der Waals surface area contributed by atoms with Crippen LogP contribution in [0.5, 0.6) is 0 Å². The lowest BCUT2D eigenvalue weighted by molar-refractivity contribution is -0.137. The van der Waals surface area contributed by atoms with E-state index in [0.29, 0.717) is 6.54 Å². The van der Waals surface area contributed by atoms with Gasteiger partial charge in [0.2, 0.25) is 5.95 Å².